The maximum atomic E-state index is 11.9. The summed E-state index contributed by atoms with van der Waals surface area (Å²) < 4.78 is 40.1. The molecule has 0 unspecified atom stereocenters. The largest absolute Gasteiger partial charge is 0.482 e. The van der Waals surface area contributed by atoms with E-state index in [9.17, 15) is 13.2 Å². The molecule has 2 N–H and O–H groups in total. The zero-order valence-corrected chi connectivity index (χ0v) is 8.62. The second kappa shape index (κ2) is 4.18. The Hall–Kier alpha value is -1.10. The summed E-state index contributed by atoms with van der Waals surface area (Å²) in [5.41, 5.74) is 6.15. The van der Waals surface area contributed by atoms with Crippen LogP contribution in [0.25, 0.3) is 0 Å². The zero-order valence-electron chi connectivity index (χ0n) is 7.86. The highest BCUT2D eigenvalue weighted by atomic mass is 35.5. The summed E-state index contributed by atoms with van der Waals surface area (Å²) in [6, 6.07) is 2.74. The van der Waals surface area contributed by atoms with Crippen LogP contribution in [-0.2, 0) is 0 Å². The van der Waals surface area contributed by atoms with Gasteiger partial charge in [-0.05, 0) is 24.6 Å². The smallest absolute Gasteiger partial charge is 0.422 e. The molecule has 15 heavy (non-hydrogen) atoms. The maximum Gasteiger partial charge on any atom is 0.422 e. The number of rotatable bonds is 2. The van der Waals surface area contributed by atoms with Gasteiger partial charge in [0.05, 0.1) is 5.69 Å². The first-order valence-electron chi connectivity index (χ1n) is 4.05. The van der Waals surface area contributed by atoms with Crippen LogP contribution < -0.4 is 10.5 Å². The predicted octanol–water partition coefficient (Wildman–Crippen LogP) is 3.17. The molecule has 2 nitrogen and oxygen atoms in total. The Morgan fingerprint density at radius 2 is 2.00 bits per heavy atom. The second-order valence-corrected chi connectivity index (χ2v) is 3.45. The van der Waals surface area contributed by atoms with Crippen molar-refractivity contribution in [3.63, 3.8) is 0 Å². The molecule has 0 aromatic heterocycles. The van der Waals surface area contributed by atoms with Crippen LogP contribution in [0.4, 0.5) is 18.9 Å². The summed E-state index contributed by atoms with van der Waals surface area (Å²) in [5, 5.41) is 0.395. The van der Waals surface area contributed by atoms with E-state index in [1.165, 1.54) is 12.1 Å². The summed E-state index contributed by atoms with van der Waals surface area (Å²) >= 11 is 5.72. The number of alkyl halides is 3. The Morgan fingerprint density at radius 1 is 1.40 bits per heavy atom. The molecular formula is C9H9ClF3NO. The highest BCUT2D eigenvalue weighted by molar-refractivity contribution is 6.31. The molecule has 84 valence electrons. The van der Waals surface area contributed by atoms with E-state index in [4.69, 9.17) is 17.3 Å². The van der Waals surface area contributed by atoms with Gasteiger partial charge in [-0.25, -0.2) is 0 Å². The minimum Gasteiger partial charge on any atom is -0.482 e. The summed E-state index contributed by atoms with van der Waals surface area (Å²) in [7, 11) is 0. The maximum absolute atomic E-state index is 11.9. The van der Waals surface area contributed by atoms with Gasteiger partial charge in [-0.1, -0.05) is 11.6 Å². The third kappa shape index (κ3) is 3.51. The van der Waals surface area contributed by atoms with Gasteiger partial charge >= 0.3 is 6.18 Å². The number of nitrogens with two attached hydrogens (primary N) is 1. The van der Waals surface area contributed by atoms with Gasteiger partial charge in [-0.3, -0.25) is 0 Å². The highest BCUT2D eigenvalue weighted by Crippen LogP contribution is 2.29. The Balaban J connectivity index is 2.82. The van der Waals surface area contributed by atoms with E-state index in [0.717, 1.165) is 0 Å². The zero-order chi connectivity index (χ0) is 11.6. The van der Waals surface area contributed by atoms with Crippen molar-refractivity contribution in [1.82, 2.24) is 0 Å². The van der Waals surface area contributed by atoms with Crippen LogP contribution in [0.5, 0.6) is 5.75 Å². The normalized spacial score (nSPS) is 11.5. The van der Waals surface area contributed by atoms with E-state index >= 15 is 0 Å². The quantitative estimate of drug-likeness (QED) is 0.805. The van der Waals surface area contributed by atoms with Gasteiger partial charge in [0.2, 0.25) is 0 Å². The SMILES string of the molecule is Cc1cc(OCC(F)(F)F)c(N)cc1Cl. The van der Waals surface area contributed by atoms with Crippen LogP contribution in [0.2, 0.25) is 5.02 Å². The summed E-state index contributed by atoms with van der Waals surface area (Å²) in [6.07, 6.45) is -4.38. The fourth-order valence-electron chi connectivity index (χ4n) is 0.955. The molecule has 0 aliphatic rings. The number of aryl methyl sites for hydroxylation is 1. The molecule has 1 rings (SSSR count). The standard InChI is InChI=1S/C9H9ClF3NO/c1-5-2-8(7(14)3-6(5)10)15-4-9(11,12)13/h2-3H,4,14H2,1H3. The van der Waals surface area contributed by atoms with E-state index in [1.807, 2.05) is 0 Å². The van der Waals surface area contributed by atoms with Crippen molar-refractivity contribution >= 4 is 17.3 Å². The molecular weight excluding hydrogens is 231 g/mol. The average molecular weight is 240 g/mol. The van der Waals surface area contributed by atoms with E-state index in [2.05, 4.69) is 4.74 Å². The molecule has 0 saturated carbocycles. The van der Waals surface area contributed by atoms with Crippen molar-refractivity contribution in [2.24, 2.45) is 0 Å². The van der Waals surface area contributed by atoms with Crippen molar-refractivity contribution in [1.29, 1.82) is 0 Å². The molecule has 0 spiro atoms. The van der Waals surface area contributed by atoms with Gasteiger partial charge < -0.3 is 10.5 Å². The van der Waals surface area contributed by atoms with Gasteiger partial charge in [0.25, 0.3) is 0 Å². The number of anilines is 1. The molecule has 0 radical (unpaired) electrons. The number of ether oxygens (including phenoxy) is 1. The lowest BCUT2D eigenvalue weighted by Crippen LogP contribution is -2.19. The Kier molecular flexibility index (Phi) is 3.34. The van der Waals surface area contributed by atoms with Crippen LogP contribution in [-0.4, -0.2) is 12.8 Å². The summed E-state index contributed by atoms with van der Waals surface area (Å²) in [4.78, 5) is 0. The fraction of sp³-hybridized carbons (Fsp3) is 0.333. The highest BCUT2D eigenvalue weighted by Gasteiger charge is 2.28. The molecule has 1 aromatic rings. The molecule has 0 heterocycles. The second-order valence-electron chi connectivity index (χ2n) is 3.04. The summed E-state index contributed by atoms with van der Waals surface area (Å²) in [5.74, 6) is -0.00535. The van der Waals surface area contributed by atoms with Gasteiger partial charge in [-0.15, -0.1) is 0 Å². The minimum absolute atomic E-state index is 0.00535. The molecule has 0 saturated heterocycles. The van der Waals surface area contributed by atoms with Gasteiger partial charge in [-0.2, -0.15) is 13.2 Å². The molecule has 0 aliphatic carbocycles. The number of hydrogen-bond acceptors (Lipinski definition) is 2. The van der Waals surface area contributed by atoms with Crippen LogP contribution in [0.15, 0.2) is 12.1 Å². The van der Waals surface area contributed by atoms with Crippen molar-refractivity contribution in [2.45, 2.75) is 13.1 Å². The van der Waals surface area contributed by atoms with E-state index in [0.29, 0.717) is 10.6 Å². The molecule has 0 aliphatic heterocycles. The number of benzene rings is 1. The lowest BCUT2D eigenvalue weighted by Gasteiger charge is -2.12. The first-order chi connectivity index (χ1) is 6.79. The molecule has 0 bridgehead atoms. The first kappa shape index (κ1) is 12.0. The van der Waals surface area contributed by atoms with Crippen LogP contribution in [0, 0.1) is 6.92 Å². The van der Waals surface area contributed by atoms with Gasteiger partial charge in [0.1, 0.15) is 5.75 Å². The van der Waals surface area contributed by atoms with Crippen molar-refractivity contribution in [2.75, 3.05) is 12.3 Å². The molecule has 1 aromatic carbocycles. The third-order valence-corrected chi connectivity index (χ3v) is 2.09. The number of hydrogen-bond donors (Lipinski definition) is 1. The number of halogens is 4. The van der Waals surface area contributed by atoms with Crippen LogP contribution in [0.1, 0.15) is 5.56 Å². The molecule has 0 atom stereocenters. The average Bonchev–Trinajstić information content (AvgIpc) is 2.07. The van der Waals surface area contributed by atoms with Crippen molar-refractivity contribution < 1.29 is 17.9 Å². The first-order valence-corrected chi connectivity index (χ1v) is 4.42. The van der Waals surface area contributed by atoms with E-state index in [1.54, 1.807) is 6.92 Å². The topological polar surface area (TPSA) is 35.2 Å². The van der Waals surface area contributed by atoms with Gasteiger partial charge in [0.15, 0.2) is 6.61 Å². The fourth-order valence-corrected chi connectivity index (χ4v) is 1.13. The monoisotopic (exact) mass is 239 g/mol. The predicted molar refractivity (Wildman–Crippen MR) is 52.2 cm³/mol. The molecule has 0 fully saturated rings. The number of nitrogen functional groups attached to an aromatic ring is 1. The van der Waals surface area contributed by atoms with Crippen molar-refractivity contribution in [3.8, 4) is 5.75 Å². The molecule has 0 amide bonds. The molecule has 6 heteroatoms. The Labute approximate surface area is 89.8 Å². The Bertz CT molecular complexity index is 365. The third-order valence-electron chi connectivity index (χ3n) is 1.68. The summed E-state index contributed by atoms with van der Waals surface area (Å²) in [6.45, 7) is 0.292. The Morgan fingerprint density at radius 3 is 2.53 bits per heavy atom. The van der Waals surface area contributed by atoms with Crippen LogP contribution >= 0.6 is 11.6 Å². The van der Waals surface area contributed by atoms with Gasteiger partial charge in [0, 0.05) is 5.02 Å². The van der Waals surface area contributed by atoms with E-state index < -0.39 is 12.8 Å². The lowest BCUT2D eigenvalue weighted by atomic mass is 10.2. The van der Waals surface area contributed by atoms with E-state index in [-0.39, 0.29) is 11.4 Å². The lowest BCUT2D eigenvalue weighted by molar-refractivity contribution is -0.153. The minimum atomic E-state index is -4.38. The van der Waals surface area contributed by atoms with Crippen LogP contribution in [0.3, 0.4) is 0 Å². The van der Waals surface area contributed by atoms with Crippen molar-refractivity contribution in [3.05, 3.63) is 22.7 Å².